The number of hydrogen-bond donors (Lipinski definition) is 1. The number of rotatable bonds is 6. The predicted molar refractivity (Wildman–Crippen MR) is 74.3 cm³/mol. The summed E-state index contributed by atoms with van der Waals surface area (Å²) in [5, 5.41) is 10.3. The van der Waals surface area contributed by atoms with Crippen molar-refractivity contribution in [2.24, 2.45) is 5.92 Å². The Morgan fingerprint density at radius 3 is 2.47 bits per heavy atom. The zero-order valence-corrected chi connectivity index (χ0v) is 12.3. The van der Waals surface area contributed by atoms with E-state index in [1.165, 1.54) is 0 Å². The molecule has 1 aromatic rings. The van der Waals surface area contributed by atoms with E-state index in [0.717, 1.165) is 35.0 Å². The van der Waals surface area contributed by atoms with Crippen molar-refractivity contribution in [2.75, 3.05) is 7.11 Å². The summed E-state index contributed by atoms with van der Waals surface area (Å²) in [7, 11) is 1.64. The van der Waals surface area contributed by atoms with Crippen LogP contribution in [0, 0.1) is 5.92 Å². The van der Waals surface area contributed by atoms with Gasteiger partial charge in [-0.3, -0.25) is 0 Å². The topological polar surface area (TPSA) is 29.5 Å². The highest BCUT2D eigenvalue weighted by Crippen LogP contribution is 2.32. The number of aliphatic hydroxyl groups excluding tert-OH is 1. The van der Waals surface area contributed by atoms with Crippen molar-refractivity contribution in [1.29, 1.82) is 0 Å². The van der Waals surface area contributed by atoms with Crippen molar-refractivity contribution >= 4 is 15.9 Å². The minimum absolute atomic E-state index is 0.427. The molecule has 0 aliphatic heterocycles. The molecule has 0 aliphatic carbocycles. The van der Waals surface area contributed by atoms with Crippen molar-refractivity contribution in [3.8, 4) is 5.75 Å². The smallest absolute Gasteiger partial charge is 0.119 e. The molecule has 1 unspecified atom stereocenters. The molecule has 1 rings (SSSR count). The third-order valence-electron chi connectivity index (χ3n) is 3.27. The second-order valence-electron chi connectivity index (χ2n) is 4.32. The number of halogens is 1. The molecule has 96 valence electrons. The molecule has 0 heterocycles. The van der Waals surface area contributed by atoms with E-state index in [1.54, 1.807) is 7.11 Å². The van der Waals surface area contributed by atoms with Crippen LogP contribution in [-0.2, 0) is 0 Å². The Kier molecular flexibility index (Phi) is 6.00. The Hall–Kier alpha value is -0.540. The minimum Gasteiger partial charge on any atom is -0.497 e. The van der Waals surface area contributed by atoms with Crippen LogP contribution in [-0.4, -0.2) is 12.2 Å². The van der Waals surface area contributed by atoms with Gasteiger partial charge in [0.15, 0.2) is 0 Å². The Balaban J connectivity index is 2.83. The summed E-state index contributed by atoms with van der Waals surface area (Å²) in [5.41, 5.74) is 0.913. The monoisotopic (exact) mass is 300 g/mol. The van der Waals surface area contributed by atoms with Crippen LogP contribution in [0.1, 0.15) is 44.8 Å². The fourth-order valence-corrected chi connectivity index (χ4v) is 2.48. The molecule has 0 bridgehead atoms. The first-order chi connectivity index (χ1) is 8.12. The summed E-state index contributed by atoms with van der Waals surface area (Å²) in [6.07, 6.45) is 2.59. The number of benzene rings is 1. The first kappa shape index (κ1) is 14.5. The summed E-state index contributed by atoms with van der Waals surface area (Å²) in [6.45, 7) is 4.34. The summed E-state index contributed by atoms with van der Waals surface area (Å²) in [4.78, 5) is 0. The average Bonchev–Trinajstić information content (AvgIpc) is 2.36. The summed E-state index contributed by atoms with van der Waals surface area (Å²) >= 11 is 3.48. The van der Waals surface area contributed by atoms with E-state index in [9.17, 15) is 5.11 Å². The van der Waals surface area contributed by atoms with Gasteiger partial charge < -0.3 is 9.84 Å². The van der Waals surface area contributed by atoms with Crippen molar-refractivity contribution < 1.29 is 9.84 Å². The molecule has 17 heavy (non-hydrogen) atoms. The molecule has 1 N–H and O–H groups in total. The van der Waals surface area contributed by atoms with E-state index in [1.807, 2.05) is 18.2 Å². The second kappa shape index (κ2) is 7.02. The van der Waals surface area contributed by atoms with Crippen LogP contribution < -0.4 is 4.74 Å². The number of ether oxygens (including phenoxy) is 1. The van der Waals surface area contributed by atoms with Gasteiger partial charge in [0.2, 0.25) is 0 Å². The van der Waals surface area contributed by atoms with Gasteiger partial charge in [0.05, 0.1) is 13.2 Å². The van der Waals surface area contributed by atoms with Crippen LogP contribution in [0.5, 0.6) is 5.75 Å². The number of aliphatic hydroxyl groups is 1. The van der Waals surface area contributed by atoms with Crippen molar-refractivity contribution in [3.05, 3.63) is 28.2 Å². The first-order valence-corrected chi connectivity index (χ1v) is 6.93. The highest BCUT2D eigenvalue weighted by atomic mass is 79.9. The molecular formula is C14H21BrO2. The fraction of sp³-hybridized carbons (Fsp3) is 0.571. The molecule has 0 fully saturated rings. The largest absolute Gasteiger partial charge is 0.497 e. The van der Waals surface area contributed by atoms with Crippen LogP contribution in [0.3, 0.4) is 0 Å². The Morgan fingerprint density at radius 2 is 1.94 bits per heavy atom. The Labute approximate surface area is 112 Å². The first-order valence-electron chi connectivity index (χ1n) is 6.13. The second-order valence-corrected chi connectivity index (χ2v) is 5.18. The number of methoxy groups -OCH3 is 1. The maximum absolute atomic E-state index is 10.3. The quantitative estimate of drug-likeness (QED) is 0.848. The van der Waals surface area contributed by atoms with Gasteiger partial charge in [-0.25, -0.2) is 0 Å². The van der Waals surface area contributed by atoms with Gasteiger partial charge in [0, 0.05) is 4.47 Å². The molecule has 0 amide bonds. The zero-order chi connectivity index (χ0) is 12.8. The summed E-state index contributed by atoms with van der Waals surface area (Å²) < 4.78 is 6.13. The maximum Gasteiger partial charge on any atom is 0.119 e. The van der Waals surface area contributed by atoms with Crippen LogP contribution in [0.4, 0.5) is 0 Å². The molecule has 0 aromatic heterocycles. The van der Waals surface area contributed by atoms with Crippen molar-refractivity contribution in [3.63, 3.8) is 0 Å². The fourth-order valence-electron chi connectivity index (χ4n) is 1.97. The van der Waals surface area contributed by atoms with Crippen molar-refractivity contribution in [1.82, 2.24) is 0 Å². The highest BCUT2D eigenvalue weighted by molar-refractivity contribution is 9.10. The van der Waals surface area contributed by atoms with Gasteiger partial charge >= 0.3 is 0 Å². The third-order valence-corrected chi connectivity index (χ3v) is 4.00. The van der Waals surface area contributed by atoms with Gasteiger partial charge in [0.1, 0.15) is 5.75 Å². The predicted octanol–water partition coefficient (Wildman–Crippen LogP) is 4.32. The van der Waals surface area contributed by atoms with E-state index in [4.69, 9.17) is 4.74 Å². The van der Waals surface area contributed by atoms with Crippen LogP contribution in [0.15, 0.2) is 22.7 Å². The van der Waals surface area contributed by atoms with Gasteiger partial charge in [-0.05, 0) is 36.1 Å². The molecule has 1 aromatic carbocycles. The highest BCUT2D eigenvalue weighted by Gasteiger charge is 2.16. The standard InChI is InChI=1S/C14H21BrO2/c1-4-10(5-2)8-14(16)12-9-11(17-3)6-7-13(12)15/h6-7,9-10,14,16H,4-5,8H2,1-3H3. The van der Waals surface area contributed by atoms with Gasteiger partial charge in [-0.15, -0.1) is 0 Å². The minimum atomic E-state index is -0.427. The van der Waals surface area contributed by atoms with E-state index in [0.29, 0.717) is 5.92 Å². The van der Waals surface area contributed by atoms with E-state index in [2.05, 4.69) is 29.8 Å². The molecule has 3 heteroatoms. The SMILES string of the molecule is CCC(CC)CC(O)c1cc(OC)ccc1Br. The third kappa shape index (κ3) is 4.00. The maximum atomic E-state index is 10.3. The summed E-state index contributed by atoms with van der Waals surface area (Å²) in [5.74, 6) is 1.36. The summed E-state index contributed by atoms with van der Waals surface area (Å²) in [6, 6.07) is 5.71. The number of hydrogen-bond acceptors (Lipinski definition) is 2. The molecule has 1 atom stereocenters. The normalized spacial score (nSPS) is 12.8. The average molecular weight is 301 g/mol. The molecular weight excluding hydrogens is 280 g/mol. The van der Waals surface area contributed by atoms with Crippen LogP contribution in [0.2, 0.25) is 0 Å². The lowest BCUT2D eigenvalue weighted by atomic mass is 9.93. The van der Waals surface area contributed by atoms with Gasteiger partial charge in [-0.1, -0.05) is 42.6 Å². The van der Waals surface area contributed by atoms with Crippen LogP contribution in [0.25, 0.3) is 0 Å². The lowest BCUT2D eigenvalue weighted by Gasteiger charge is -2.19. The van der Waals surface area contributed by atoms with E-state index >= 15 is 0 Å². The van der Waals surface area contributed by atoms with Crippen LogP contribution >= 0.6 is 15.9 Å². The van der Waals surface area contributed by atoms with Gasteiger partial charge in [0.25, 0.3) is 0 Å². The van der Waals surface area contributed by atoms with E-state index < -0.39 is 6.10 Å². The lowest BCUT2D eigenvalue weighted by Crippen LogP contribution is -2.06. The molecule has 0 spiro atoms. The molecule has 0 aliphatic rings. The zero-order valence-electron chi connectivity index (χ0n) is 10.7. The Bertz CT molecular complexity index is 348. The Morgan fingerprint density at radius 1 is 1.29 bits per heavy atom. The van der Waals surface area contributed by atoms with Gasteiger partial charge in [-0.2, -0.15) is 0 Å². The lowest BCUT2D eigenvalue weighted by molar-refractivity contribution is 0.140. The molecule has 0 saturated carbocycles. The molecule has 2 nitrogen and oxygen atoms in total. The molecule has 0 saturated heterocycles. The van der Waals surface area contributed by atoms with E-state index in [-0.39, 0.29) is 0 Å². The van der Waals surface area contributed by atoms with Crippen molar-refractivity contribution in [2.45, 2.75) is 39.2 Å². The molecule has 0 radical (unpaired) electrons.